The van der Waals surface area contributed by atoms with Gasteiger partial charge in [0.2, 0.25) is 11.8 Å². The van der Waals surface area contributed by atoms with Crippen LogP contribution in [0.4, 0.5) is 0 Å². The molecule has 0 bridgehead atoms. The van der Waals surface area contributed by atoms with Crippen molar-refractivity contribution in [1.29, 1.82) is 0 Å². The van der Waals surface area contributed by atoms with Crippen molar-refractivity contribution in [3.05, 3.63) is 24.2 Å². The van der Waals surface area contributed by atoms with E-state index in [-0.39, 0.29) is 12.5 Å². The zero-order valence-corrected chi connectivity index (χ0v) is 12.2. The monoisotopic (exact) mass is 288 g/mol. The lowest BCUT2D eigenvalue weighted by Crippen LogP contribution is -2.35. The molecule has 0 radical (unpaired) electrons. The second kappa shape index (κ2) is 6.11. The molecule has 1 fully saturated rings. The Balaban J connectivity index is 1.68. The standard InChI is InChI=1S/C15H20N4O2/c1-2-14-17-18-15(21-14)12-8-5-9-19(12)10-13(20)16-11-6-3-4-7-11/h5,8-9,11H,2-4,6-7,10H2,1H3,(H,16,20). The quantitative estimate of drug-likeness (QED) is 0.915. The number of hydrogen-bond acceptors (Lipinski definition) is 4. The van der Waals surface area contributed by atoms with Gasteiger partial charge in [0.25, 0.3) is 5.89 Å². The van der Waals surface area contributed by atoms with E-state index in [0.717, 1.165) is 18.5 Å². The molecule has 1 saturated carbocycles. The number of carbonyl (C=O) groups excluding carboxylic acids is 1. The normalized spacial score (nSPS) is 15.5. The molecule has 6 heteroatoms. The molecule has 0 saturated heterocycles. The van der Waals surface area contributed by atoms with Gasteiger partial charge in [0, 0.05) is 18.7 Å². The van der Waals surface area contributed by atoms with Gasteiger partial charge < -0.3 is 14.3 Å². The van der Waals surface area contributed by atoms with E-state index in [1.807, 2.05) is 29.8 Å². The molecule has 112 valence electrons. The van der Waals surface area contributed by atoms with Crippen LogP contribution in [0, 0.1) is 0 Å². The maximum atomic E-state index is 12.1. The van der Waals surface area contributed by atoms with Crippen LogP contribution in [0.5, 0.6) is 0 Å². The Kier molecular flexibility index (Phi) is 4.03. The van der Waals surface area contributed by atoms with Gasteiger partial charge in [-0.25, -0.2) is 0 Å². The molecule has 3 rings (SSSR count). The lowest BCUT2D eigenvalue weighted by atomic mass is 10.2. The van der Waals surface area contributed by atoms with Crippen LogP contribution in [0.3, 0.4) is 0 Å². The fourth-order valence-electron chi connectivity index (χ4n) is 2.74. The fraction of sp³-hybridized carbons (Fsp3) is 0.533. The second-order valence-electron chi connectivity index (χ2n) is 5.42. The molecule has 0 spiro atoms. The lowest BCUT2D eigenvalue weighted by Gasteiger charge is -2.13. The molecule has 6 nitrogen and oxygen atoms in total. The average Bonchev–Trinajstić information content (AvgIpc) is 3.18. The van der Waals surface area contributed by atoms with Gasteiger partial charge in [0.15, 0.2) is 0 Å². The van der Waals surface area contributed by atoms with E-state index >= 15 is 0 Å². The van der Waals surface area contributed by atoms with Crippen molar-refractivity contribution in [2.45, 2.75) is 51.6 Å². The third-order valence-electron chi connectivity index (χ3n) is 3.85. The highest BCUT2D eigenvalue weighted by Gasteiger charge is 2.18. The Bertz CT molecular complexity index is 611. The summed E-state index contributed by atoms with van der Waals surface area (Å²) in [6.07, 6.45) is 7.17. The molecule has 2 heterocycles. The molecule has 2 aromatic heterocycles. The first-order chi connectivity index (χ1) is 10.3. The summed E-state index contributed by atoms with van der Waals surface area (Å²) in [5, 5.41) is 11.1. The van der Waals surface area contributed by atoms with Crippen LogP contribution in [0.2, 0.25) is 0 Å². The Morgan fingerprint density at radius 1 is 1.43 bits per heavy atom. The number of hydrogen-bond donors (Lipinski definition) is 1. The van der Waals surface area contributed by atoms with Crippen molar-refractivity contribution < 1.29 is 9.21 Å². The molecule has 1 aliphatic carbocycles. The van der Waals surface area contributed by atoms with Crippen LogP contribution < -0.4 is 5.32 Å². The summed E-state index contributed by atoms with van der Waals surface area (Å²) in [5.41, 5.74) is 0.781. The van der Waals surface area contributed by atoms with Crippen molar-refractivity contribution in [3.63, 3.8) is 0 Å². The van der Waals surface area contributed by atoms with Gasteiger partial charge in [-0.15, -0.1) is 10.2 Å². The highest BCUT2D eigenvalue weighted by Crippen LogP contribution is 2.20. The van der Waals surface area contributed by atoms with Crippen molar-refractivity contribution in [1.82, 2.24) is 20.1 Å². The molecule has 2 aromatic rings. The molecular weight excluding hydrogens is 268 g/mol. The van der Waals surface area contributed by atoms with Crippen LogP contribution in [-0.2, 0) is 17.8 Å². The number of nitrogens with one attached hydrogen (secondary N) is 1. The van der Waals surface area contributed by atoms with Gasteiger partial charge in [-0.1, -0.05) is 19.8 Å². The highest BCUT2D eigenvalue weighted by molar-refractivity contribution is 5.76. The lowest BCUT2D eigenvalue weighted by molar-refractivity contribution is -0.122. The molecule has 1 N–H and O–H groups in total. The first kappa shape index (κ1) is 13.9. The SMILES string of the molecule is CCc1nnc(-c2cccn2CC(=O)NC2CCCC2)o1. The zero-order valence-electron chi connectivity index (χ0n) is 12.2. The minimum Gasteiger partial charge on any atom is -0.419 e. The molecule has 0 aliphatic heterocycles. The molecule has 21 heavy (non-hydrogen) atoms. The molecular formula is C15H20N4O2. The summed E-state index contributed by atoms with van der Waals surface area (Å²) < 4.78 is 7.40. The van der Waals surface area contributed by atoms with Gasteiger partial charge in [0.1, 0.15) is 12.2 Å². The average molecular weight is 288 g/mol. The number of amides is 1. The Morgan fingerprint density at radius 3 is 2.95 bits per heavy atom. The third kappa shape index (κ3) is 3.15. The van der Waals surface area contributed by atoms with Gasteiger partial charge in [0.05, 0.1) is 0 Å². The summed E-state index contributed by atoms with van der Waals surface area (Å²) >= 11 is 0. The second-order valence-corrected chi connectivity index (χ2v) is 5.42. The topological polar surface area (TPSA) is 73.0 Å². The number of aromatic nitrogens is 3. The maximum absolute atomic E-state index is 12.1. The Morgan fingerprint density at radius 2 is 2.24 bits per heavy atom. The zero-order chi connectivity index (χ0) is 14.7. The molecule has 0 aromatic carbocycles. The highest BCUT2D eigenvalue weighted by atomic mass is 16.4. The minimum absolute atomic E-state index is 0.0366. The van der Waals surface area contributed by atoms with Crippen LogP contribution in [0.15, 0.2) is 22.7 Å². The predicted octanol–water partition coefficient (Wildman–Crippen LogP) is 2.16. The van der Waals surface area contributed by atoms with Crippen LogP contribution >= 0.6 is 0 Å². The number of aryl methyl sites for hydroxylation is 1. The van der Waals surface area contributed by atoms with E-state index in [1.54, 1.807) is 0 Å². The van der Waals surface area contributed by atoms with Gasteiger partial charge in [-0.3, -0.25) is 4.79 Å². The van der Waals surface area contributed by atoms with Gasteiger partial charge in [-0.05, 0) is 25.0 Å². The number of carbonyl (C=O) groups is 1. The van der Waals surface area contributed by atoms with E-state index < -0.39 is 0 Å². The predicted molar refractivity (Wildman–Crippen MR) is 77.5 cm³/mol. The molecule has 1 aliphatic rings. The van der Waals surface area contributed by atoms with E-state index in [9.17, 15) is 4.79 Å². The van der Waals surface area contributed by atoms with Crippen molar-refractivity contribution in [3.8, 4) is 11.6 Å². The van der Waals surface area contributed by atoms with Crippen LogP contribution in [0.25, 0.3) is 11.6 Å². The largest absolute Gasteiger partial charge is 0.419 e. The number of rotatable bonds is 5. The van der Waals surface area contributed by atoms with Crippen molar-refractivity contribution >= 4 is 5.91 Å². The maximum Gasteiger partial charge on any atom is 0.264 e. The van der Waals surface area contributed by atoms with Crippen LogP contribution in [-0.4, -0.2) is 26.7 Å². The van der Waals surface area contributed by atoms with E-state index in [4.69, 9.17) is 4.42 Å². The Hall–Kier alpha value is -2.11. The fourth-order valence-corrected chi connectivity index (χ4v) is 2.74. The summed E-state index contributed by atoms with van der Waals surface area (Å²) in [4.78, 5) is 12.1. The van der Waals surface area contributed by atoms with E-state index in [1.165, 1.54) is 12.8 Å². The summed E-state index contributed by atoms with van der Waals surface area (Å²) in [7, 11) is 0. The van der Waals surface area contributed by atoms with Crippen LogP contribution in [0.1, 0.15) is 38.5 Å². The van der Waals surface area contributed by atoms with Gasteiger partial charge >= 0.3 is 0 Å². The first-order valence-corrected chi connectivity index (χ1v) is 7.53. The molecule has 0 unspecified atom stereocenters. The minimum atomic E-state index is 0.0366. The smallest absolute Gasteiger partial charge is 0.264 e. The summed E-state index contributed by atoms with van der Waals surface area (Å²) in [5.74, 6) is 1.10. The van der Waals surface area contributed by atoms with Crippen molar-refractivity contribution in [2.24, 2.45) is 0 Å². The van der Waals surface area contributed by atoms with E-state index in [2.05, 4.69) is 15.5 Å². The third-order valence-corrected chi connectivity index (χ3v) is 3.85. The van der Waals surface area contributed by atoms with Gasteiger partial charge in [-0.2, -0.15) is 0 Å². The van der Waals surface area contributed by atoms with E-state index in [0.29, 0.717) is 24.2 Å². The van der Waals surface area contributed by atoms with Crippen molar-refractivity contribution in [2.75, 3.05) is 0 Å². The number of nitrogens with zero attached hydrogens (tertiary/aromatic N) is 3. The molecule has 0 atom stereocenters. The summed E-state index contributed by atoms with van der Waals surface area (Å²) in [6, 6.07) is 4.11. The summed E-state index contributed by atoms with van der Waals surface area (Å²) in [6.45, 7) is 2.24. The molecule has 1 amide bonds. The Labute approximate surface area is 123 Å². The first-order valence-electron chi connectivity index (χ1n) is 7.53.